The summed E-state index contributed by atoms with van der Waals surface area (Å²) in [4.78, 5) is 40.1. The third-order valence-corrected chi connectivity index (χ3v) is 6.45. The molecule has 1 aliphatic heterocycles. The fourth-order valence-electron chi connectivity index (χ4n) is 4.78. The first-order chi connectivity index (χ1) is 16.0. The van der Waals surface area contributed by atoms with Crippen LogP contribution in [0.25, 0.3) is 11.1 Å². The number of benzene rings is 2. The second kappa shape index (κ2) is 9.90. The highest BCUT2D eigenvalue weighted by atomic mass is 16.2. The minimum absolute atomic E-state index is 0.0188. The molecule has 0 bridgehead atoms. The number of hydrogen-bond donors (Lipinski definition) is 3. The Bertz CT molecular complexity index is 1170. The molecule has 7 heteroatoms. The third-order valence-electron chi connectivity index (χ3n) is 6.45. The van der Waals surface area contributed by atoms with Crippen LogP contribution in [0, 0.1) is 5.41 Å². The number of rotatable bonds is 7. The molecule has 7 nitrogen and oxygen atoms in total. The highest BCUT2D eigenvalue weighted by Crippen LogP contribution is 2.37. The summed E-state index contributed by atoms with van der Waals surface area (Å²) in [6.07, 6.45) is 3.52. The highest BCUT2D eigenvalue weighted by molar-refractivity contribution is 5.86. The van der Waals surface area contributed by atoms with Crippen LogP contribution in [0.15, 0.2) is 65.6 Å². The van der Waals surface area contributed by atoms with Crippen LogP contribution in [0.4, 0.5) is 0 Å². The van der Waals surface area contributed by atoms with Crippen molar-refractivity contribution in [3.8, 4) is 11.1 Å². The number of nitrogens with one attached hydrogen (secondary N) is 3. The van der Waals surface area contributed by atoms with Crippen molar-refractivity contribution >= 4 is 11.8 Å². The van der Waals surface area contributed by atoms with Crippen molar-refractivity contribution in [2.24, 2.45) is 5.41 Å². The Labute approximate surface area is 193 Å². The Hall–Kier alpha value is -3.61. The van der Waals surface area contributed by atoms with Gasteiger partial charge in [-0.25, -0.2) is 0 Å². The van der Waals surface area contributed by atoms with Crippen molar-refractivity contribution in [2.75, 3.05) is 19.6 Å². The SMILES string of the molecule is CCNC(=O)[C@]1(Cc2ccccc2-c2ccccc2)CCCN(C(=O)Cc2c[nH][nH]c2=O)C1. The molecule has 0 unspecified atom stereocenters. The number of carbonyl (C=O) groups is 2. The van der Waals surface area contributed by atoms with Crippen LogP contribution in [0.3, 0.4) is 0 Å². The Morgan fingerprint density at radius 3 is 2.55 bits per heavy atom. The lowest BCUT2D eigenvalue weighted by molar-refractivity contribution is -0.141. The molecule has 33 heavy (non-hydrogen) atoms. The van der Waals surface area contributed by atoms with E-state index in [1.165, 1.54) is 6.20 Å². The van der Waals surface area contributed by atoms with Gasteiger partial charge in [-0.1, -0.05) is 54.6 Å². The number of piperidine rings is 1. The van der Waals surface area contributed by atoms with Gasteiger partial charge in [-0.05, 0) is 42.9 Å². The lowest BCUT2D eigenvalue weighted by Crippen LogP contribution is -2.54. The van der Waals surface area contributed by atoms with Gasteiger partial charge >= 0.3 is 0 Å². The van der Waals surface area contributed by atoms with E-state index in [4.69, 9.17) is 0 Å². The van der Waals surface area contributed by atoms with Gasteiger partial charge in [-0.2, -0.15) is 0 Å². The zero-order valence-electron chi connectivity index (χ0n) is 18.9. The predicted molar refractivity (Wildman–Crippen MR) is 128 cm³/mol. The van der Waals surface area contributed by atoms with Crippen LogP contribution in [0.2, 0.25) is 0 Å². The van der Waals surface area contributed by atoms with E-state index in [1.807, 2.05) is 37.3 Å². The maximum absolute atomic E-state index is 13.4. The normalized spacial score (nSPS) is 18.2. The molecule has 1 fully saturated rings. The van der Waals surface area contributed by atoms with E-state index in [1.54, 1.807) is 4.90 Å². The zero-order valence-corrected chi connectivity index (χ0v) is 18.9. The van der Waals surface area contributed by atoms with Crippen LogP contribution in [0.1, 0.15) is 30.9 Å². The summed E-state index contributed by atoms with van der Waals surface area (Å²) < 4.78 is 0. The van der Waals surface area contributed by atoms with Crippen molar-refractivity contribution in [3.05, 3.63) is 82.3 Å². The summed E-state index contributed by atoms with van der Waals surface area (Å²) in [5.41, 5.74) is 2.69. The maximum atomic E-state index is 13.4. The third kappa shape index (κ3) is 4.92. The Kier molecular flexibility index (Phi) is 6.77. The van der Waals surface area contributed by atoms with Gasteiger partial charge in [0.2, 0.25) is 11.8 Å². The molecule has 1 saturated heterocycles. The molecule has 172 valence electrons. The number of carbonyl (C=O) groups excluding carboxylic acids is 2. The molecule has 1 atom stereocenters. The number of aromatic nitrogens is 2. The minimum Gasteiger partial charge on any atom is -0.356 e. The standard InChI is InChI=1S/C26H30N4O3/c1-2-27-25(33)26(16-20-11-6-7-12-22(20)19-9-4-3-5-10-19)13-8-14-30(18-26)23(31)15-21-17-28-29-24(21)32/h3-7,9-12,17H,2,8,13-16,18H2,1H3,(H,27,33)(H2,28,29,32)/t26-/m0/s1. The molecule has 0 radical (unpaired) electrons. The van der Waals surface area contributed by atoms with Gasteiger partial charge in [0, 0.05) is 31.4 Å². The van der Waals surface area contributed by atoms with Gasteiger partial charge < -0.3 is 15.3 Å². The summed E-state index contributed by atoms with van der Waals surface area (Å²) in [6.45, 7) is 3.37. The number of amides is 2. The van der Waals surface area contributed by atoms with Crippen molar-refractivity contribution < 1.29 is 9.59 Å². The molecule has 2 aromatic carbocycles. The number of aromatic amines is 2. The largest absolute Gasteiger partial charge is 0.356 e. The van der Waals surface area contributed by atoms with Gasteiger partial charge in [0.1, 0.15) is 0 Å². The molecule has 1 aliphatic rings. The van der Waals surface area contributed by atoms with Crippen molar-refractivity contribution in [3.63, 3.8) is 0 Å². The van der Waals surface area contributed by atoms with Crippen LogP contribution in [-0.4, -0.2) is 46.5 Å². The average Bonchev–Trinajstić information content (AvgIpc) is 3.24. The number of likely N-dealkylation sites (tertiary alicyclic amines) is 1. The molecule has 0 spiro atoms. The lowest BCUT2D eigenvalue weighted by atomic mass is 9.73. The number of hydrogen-bond acceptors (Lipinski definition) is 3. The second-order valence-corrected chi connectivity index (χ2v) is 8.70. The zero-order chi connectivity index (χ0) is 23.3. The fourth-order valence-corrected chi connectivity index (χ4v) is 4.78. The van der Waals surface area contributed by atoms with E-state index in [-0.39, 0.29) is 23.8 Å². The van der Waals surface area contributed by atoms with Crippen LogP contribution in [0.5, 0.6) is 0 Å². The molecule has 2 amide bonds. The molecule has 1 aromatic heterocycles. The smallest absolute Gasteiger partial charge is 0.267 e. The quantitative estimate of drug-likeness (QED) is 0.520. The van der Waals surface area contributed by atoms with Gasteiger partial charge in [0.05, 0.1) is 11.8 Å². The first-order valence-electron chi connectivity index (χ1n) is 11.5. The van der Waals surface area contributed by atoms with Gasteiger partial charge in [0.25, 0.3) is 5.56 Å². The van der Waals surface area contributed by atoms with E-state index in [0.717, 1.165) is 23.1 Å². The molecule has 0 saturated carbocycles. The minimum atomic E-state index is -0.723. The molecule has 0 aliphatic carbocycles. The molecule has 2 heterocycles. The summed E-state index contributed by atoms with van der Waals surface area (Å²) in [7, 11) is 0. The first kappa shape index (κ1) is 22.6. The topological polar surface area (TPSA) is 98.1 Å². The average molecular weight is 447 g/mol. The fraction of sp³-hybridized carbons (Fsp3) is 0.346. The van der Waals surface area contributed by atoms with Gasteiger partial charge in [-0.15, -0.1) is 0 Å². The molecule has 4 rings (SSSR count). The van der Waals surface area contributed by atoms with E-state index < -0.39 is 5.41 Å². The predicted octanol–water partition coefficient (Wildman–Crippen LogP) is 2.90. The summed E-state index contributed by atoms with van der Waals surface area (Å²) in [6, 6.07) is 18.3. The van der Waals surface area contributed by atoms with E-state index in [9.17, 15) is 14.4 Å². The summed E-state index contributed by atoms with van der Waals surface area (Å²) in [5.74, 6) is -0.158. The van der Waals surface area contributed by atoms with Gasteiger partial charge in [0.15, 0.2) is 0 Å². The van der Waals surface area contributed by atoms with E-state index in [0.29, 0.717) is 38.0 Å². The van der Waals surface area contributed by atoms with Crippen molar-refractivity contribution in [1.82, 2.24) is 20.4 Å². The Morgan fingerprint density at radius 1 is 1.06 bits per heavy atom. The maximum Gasteiger partial charge on any atom is 0.267 e. The Morgan fingerprint density at radius 2 is 1.82 bits per heavy atom. The van der Waals surface area contributed by atoms with Crippen molar-refractivity contribution in [1.29, 1.82) is 0 Å². The Balaban J connectivity index is 1.63. The van der Waals surface area contributed by atoms with Crippen LogP contribution < -0.4 is 10.9 Å². The molecular formula is C26H30N4O3. The van der Waals surface area contributed by atoms with E-state index >= 15 is 0 Å². The first-order valence-corrected chi connectivity index (χ1v) is 11.5. The molecule has 3 N–H and O–H groups in total. The molecular weight excluding hydrogens is 416 g/mol. The van der Waals surface area contributed by atoms with Crippen LogP contribution >= 0.6 is 0 Å². The summed E-state index contributed by atoms with van der Waals surface area (Å²) >= 11 is 0. The second-order valence-electron chi connectivity index (χ2n) is 8.70. The highest BCUT2D eigenvalue weighted by Gasteiger charge is 2.43. The summed E-state index contributed by atoms with van der Waals surface area (Å²) in [5, 5.41) is 8.12. The van der Waals surface area contributed by atoms with Crippen molar-refractivity contribution in [2.45, 2.75) is 32.6 Å². The van der Waals surface area contributed by atoms with Gasteiger partial charge in [-0.3, -0.25) is 19.5 Å². The lowest BCUT2D eigenvalue weighted by Gasteiger charge is -2.42. The van der Waals surface area contributed by atoms with Crippen LogP contribution in [-0.2, 0) is 22.4 Å². The molecule has 3 aromatic rings. The number of nitrogens with zero attached hydrogens (tertiary/aromatic N) is 1. The number of H-pyrrole nitrogens is 2. The van der Waals surface area contributed by atoms with E-state index in [2.05, 4.69) is 39.8 Å². The monoisotopic (exact) mass is 446 g/mol.